The third kappa shape index (κ3) is 5.27. The van der Waals surface area contributed by atoms with E-state index in [1.165, 1.54) is 23.5 Å². The first kappa shape index (κ1) is 21.4. The zero-order valence-corrected chi connectivity index (χ0v) is 19.7. The summed E-state index contributed by atoms with van der Waals surface area (Å²) in [6.45, 7) is 0. The number of nitrogens with two attached hydrogens (primary N) is 1. The van der Waals surface area contributed by atoms with Crippen LogP contribution in [0, 0.1) is 3.57 Å². The molecule has 0 amide bonds. The molecule has 0 aliphatic rings. The monoisotopic (exact) mass is 561 g/mol. The van der Waals surface area contributed by atoms with Crippen LogP contribution in [0.25, 0.3) is 11.3 Å². The highest BCUT2D eigenvalue weighted by Gasteiger charge is 2.15. The molecular weight excluding hydrogens is 545 g/mol. The van der Waals surface area contributed by atoms with Crippen LogP contribution in [0.5, 0.6) is 0 Å². The molecule has 4 rings (SSSR count). The van der Waals surface area contributed by atoms with Gasteiger partial charge in [0.25, 0.3) is 10.0 Å². The summed E-state index contributed by atoms with van der Waals surface area (Å²) in [6, 6.07) is 22.9. The van der Waals surface area contributed by atoms with E-state index in [-0.39, 0.29) is 4.90 Å². The van der Waals surface area contributed by atoms with Crippen molar-refractivity contribution in [3.8, 4) is 11.3 Å². The van der Waals surface area contributed by atoms with E-state index in [0.29, 0.717) is 27.2 Å². The van der Waals surface area contributed by atoms with E-state index in [9.17, 15) is 8.42 Å². The Balaban J connectivity index is 1.60. The van der Waals surface area contributed by atoms with E-state index < -0.39 is 10.0 Å². The minimum Gasteiger partial charge on any atom is -0.375 e. The van der Waals surface area contributed by atoms with E-state index in [1.54, 1.807) is 24.3 Å². The molecule has 1 aromatic heterocycles. The van der Waals surface area contributed by atoms with Crippen LogP contribution < -0.4 is 10.5 Å². The van der Waals surface area contributed by atoms with Gasteiger partial charge in [-0.2, -0.15) is 0 Å². The quantitative estimate of drug-likeness (QED) is 0.215. The number of nitrogen functional groups attached to an aromatic ring is 1. The van der Waals surface area contributed by atoms with Gasteiger partial charge >= 0.3 is 0 Å². The molecule has 0 aliphatic heterocycles. The molecule has 0 spiro atoms. The molecule has 0 unspecified atom stereocenters. The van der Waals surface area contributed by atoms with Gasteiger partial charge in [0.2, 0.25) is 0 Å². The minimum atomic E-state index is -3.76. The number of halogens is 1. The van der Waals surface area contributed by atoms with Gasteiger partial charge in [-0.3, -0.25) is 4.72 Å². The molecule has 0 fully saturated rings. The lowest BCUT2D eigenvalue weighted by atomic mass is 10.2. The van der Waals surface area contributed by atoms with Gasteiger partial charge in [-0.25, -0.2) is 13.4 Å². The van der Waals surface area contributed by atoms with E-state index in [4.69, 9.17) is 5.73 Å². The van der Waals surface area contributed by atoms with Crippen LogP contribution in [0.2, 0.25) is 0 Å². The number of benzene rings is 3. The van der Waals surface area contributed by atoms with Crippen molar-refractivity contribution in [3.63, 3.8) is 0 Å². The van der Waals surface area contributed by atoms with Crippen LogP contribution in [0.4, 0.5) is 21.5 Å². The molecule has 0 bridgehead atoms. The predicted octanol–water partition coefficient (Wildman–Crippen LogP) is 6.21. The average Bonchev–Trinajstić information content (AvgIpc) is 3.15. The number of nitrogens with zero attached hydrogens (tertiary/aromatic N) is 3. The van der Waals surface area contributed by atoms with Crippen LogP contribution in [-0.4, -0.2) is 13.4 Å². The molecule has 4 aromatic rings. The number of anilines is 2. The normalized spacial score (nSPS) is 11.6. The van der Waals surface area contributed by atoms with Gasteiger partial charge in [0.15, 0.2) is 10.1 Å². The highest BCUT2D eigenvalue weighted by atomic mass is 127. The fraction of sp³-hybridized carbons (Fsp3) is 0. The molecule has 0 aliphatic carbocycles. The summed E-state index contributed by atoms with van der Waals surface area (Å²) in [5.74, 6) is 0. The highest BCUT2D eigenvalue weighted by molar-refractivity contribution is 14.1. The van der Waals surface area contributed by atoms with E-state index >= 15 is 0 Å². The second-order valence-electron chi connectivity index (χ2n) is 6.38. The van der Waals surface area contributed by atoms with Crippen molar-refractivity contribution in [1.29, 1.82) is 0 Å². The van der Waals surface area contributed by atoms with Gasteiger partial charge in [-0.15, -0.1) is 10.2 Å². The summed E-state index contributed by atoms with van der Waals surface area (Å²) in [4.78, 5) is 4.43. The van der Waals surface area contributed by atoms with Crippen molar-refractivity contribution in [2.75, 3.05) is 10.5 Å². The van der Waals surface area contributed by atoms with Gasteiger partial charge in [0.1, 0.15) is 5.69 Å². The van der Waals surface area contributed by atoms with Gasteiger partial charge in [-0.1, -0.05) is 47.7 Å². The topological polar surface area (TPSA) is 110 Å². The summed E-state index contributed by atoms with van der Waals surface area (Å²) < 4.78 is 29.1. The summed E-state index contributed by atoms with van der Waals surface area (Å²) in [5.41, 5.74) is 8.27. The summed E-state index contributed by atoms with van der Waals surface area (Å²) in [6.07, 6.45) is 0. The van der Waals surface area contributed by atoms with Crippen LogP contribution in [0.3, 0.4) is 0 Å². The number of sulfonamides is 1. The molecule has 31 heavy (non-hydrogen) atoms. The largest absolute Gasteiger partial charge is 0.375 e. The minimum absolute atomic E-state index is 0.0922. The third-order valence-electron chi connectivity index (χ3n) is 4.15. The SMILES string of the molecule is Nc1nc(-c2ccccc2)c(N=Nc2cccc(S(=O)(=O)Nc3ccc(I)cc3)c2)s1. The molecule has 0 radical (unpaired) electrons. The van der Waals surface area contributed by atoms with E-state index in [0.717, 1.165) is 9.13 Å². The van der Waals surface area contributed by atoms with E-state index in [2.05, 4.69) is 42.5 Å². The number of thiazole rings is 1. The van der Waals surface area contributed by atoms with Gasteiger partial charge in [0.05, 0.1) is 10.6 Å². The second-order valence-corrected chi connectivity index (χ2v) is 10.3. The van der Waals surface area contributed by atoms with Crippen LogP contribution in [0.1, 0.15) is 0 Å². The van der Waals surface area contributed by atoms with Crippen molar-refractivity contribution >= 4 is 65.5 Å². The Labute approximate surface area is 197 Å². The number of hydrogen-bond donors (Lipinski definition) is 2. The summed E-state index contributed by atoms with van der Waals surface area (Å²) in [7, 11) is -3.76. The fourth-order valence-electron chi connectivity index (χ4n) is 2.73. The zero-order valence-electron chi connectivity index (χ0n) is 15.9. The molecule has 0 saturated heterocycles. The Hall–Kier alpha value is -2.83. The second kappa shape index (κ2) is 9.12. The lowest BCUT2D eigenvalue weighted by Crippen LogP contribution is -2.12. The first-order valence-electron chi connectivity index (χ1n) is 9.03. The van der Waals surface area contributed by atoms with Crippen molar-refractivity contribution in [3.05, 3.63) is 82.4 Å². The molecular formula is C21H16IN5O2S2. The molecule has 1 heterocycles. The Morgan fingerprint density at radius 1 is 0.935 bits per heavy atom. The standard InChI is InChI=1S/C21H16IN5O2S2/c22-15-9-11-16(12-10-15)27-31(28,29)18-8-4-7-17(13-18)25-26-20-19(24-21(23)30-20)14-5-2-1-3-6-14/h1-13,27H,(H2,23,24). The van der Waals surface area contributed by atoms with Crippen LogP contribution >= 0.6 is 33.9 Å². The number of hydrogen-bond acceptors (Lipinski definition) is 7. The molecule has 10 heteroatoms. The summed E-state index contributed by atoms with van der Waals surface area (Å²) in [5, 5.41) is 9.42. The lowest BCUT2D eigenvalue weighted by Gasteiger charge is -2.08. The Morgan fingerprint density at radius 2 is 1.68 bits per heavy atom. The number of azo groups is 1. The third-order valence-corrected chi connectivity index (χ3v) is 7.02. The average molecular weight is 561 g/mol. The van der Waals surface area contributed by atoms with Crippen molar-refractivity contribution < 1.29 is 8.42 Å². The fourth-order valence-corrected chi connectivity index (χ4v) is 4.86. The van der Waals surface area contributed by atoms with Crippen molar-refractivity contribution in [2.24, 2.45) is 10.2 Å². The lowest BCUT2D eigenvalue weighted by molar-refractivity contribution is 0.601. The van der Waals surface area contributed by atoms with Gasteiger partial charge in [-0.05, 0) is 65.1 Å². The zero-order chi connectivity index (χ0) is 21.8. The predicted molar refractivity (Wildman–Crippen MR) is 133 cm³/mol. The Kier molecular flexibility index (Phi) is 6.30. The Morgan fingerprint density at radius 3 is 2.42 bits per heavy atom. The molecule has 3 aromatic carbocycles. The molecule has 3 N–H and O–H groups in total. The first-order valence-corrected chi connectivity index (χ1v) is 12.4. The maximum Gasteiger partial charge on any atom is 0.261 e. The summed E-state index contributed by atoms with van der Waals surface area (Å²) >= 11 is 3.38. The van der Waals surface area contributed by atoms with Crippen LogP contribution in [0.15, 0.2) is 94.0 Å². The number of rotatable bonds is 6. The molecule has 7 nitrogen and oxygen atoms in total. The smallest absolute Gasteiger partial charge is 0.261 e. The maximum atomic E-state index is 12.7. The molecule has 0 saturated carbocycles. The Bertz CT molecular complexity index is 1340. The number of nitrogens with one attached hydrogen (secondary N) is 1. The van der Waals surface area contributed by atoms with Crippen molar-refractivity contribution in [1.82, 2.24) is 4.98 Å². The van der Waals surface area contributed by atoms with Crippen molar-refractivity contribution in [2.45, 2.75) is 4.90 Å². The molecule has 0 atom stereocenters. The van der Waals surface area contributed by atoms with Gasteiger partial charge < -0.3 is 5.73 Å². The van der Waals surface area contributed by atoms with Crippen LogP contribution in [-0.2, 0) is 10.0 Å². The first-order chi connectivity index (χ1) is 14.9. The number of aromatic nitrogens is 1. The van der Waals surface area contributed by atoms with Gasteiger partial charge in [0, 0.05) is 14.8 Å². The maximum absolute atomic E-state index is 12.7. The van der Waals surface area contributed by atoms with E-state index in [1.807, 2.05) is 42.5 Å². The highest BCUT2D eigenvalue weighted by Crippen LogP contribution is 2.37. The molecule has 156 valence electrons.